The zero-order valence-corrected chi connectivity index (χ0v) is 16.3. The topological polar surface area (TPSA) is 52.6 Å². The molecule has 1 N–H and O–H groups in total. The summed E-state index contributed by atoms with van der Waals surface area (Å²) in [6.07, 6.45) is 0. The third kappa shape index (κ3) is 5.35. The van der Waals surface area contributed by atoms with Crippen molar-refractivity contribution in [3.05, 3.63) is 66.0 Å². The molecule has 2 aromatic carbocycles. The van der Waals surface area contributed by atoms with Crippen LogP contribution >= 0.6 is 0 Å². The minimum absolute atomic E-state index is 0.166. The Labute approximate surface area is 160 Å². The van der Waals surface area contributed by atoms with Crippen LogP contribution in [0.5, 0.6) is 0 Å². The van der Waals surface area contributed by atoms with Crippen LogP contribution in [0.2, 0.25) is 0 Å². The molecule has 1 fully saturated rings. The summed E-state index contributed by atoms with van der Waals surface area (Å²) >= 11 is 0. The number of hydrogen-bond donors (Lipinski definition) is 1. The Morgan fingerprint density at radius 2 is 1.74 bits per heavy atom. The molecule has 1 atom stereocenters. The molecule has 0 aliphatic carbocycles. The smallest absolute Gasteiger partial charge is 0.240 e. The zero-order chi connectivity index (χ0) is 19.3. The molecule has 146 valence electrons. The van der Waals surface area contributed by atoms with Crippen molar-refractivity contribution in [2.45, 2.75) is 17.9 Å². The normalized spacial score (nSPS) is 17.7. The average Bonchev–Trinajstić information content (AvgIpc) is 2.68. The van der Waals surface area contributed by atoms with Gasteiger partial charge in [0, 0.05) is 45.3 Å². The lowest BCUT2D eigenvalue weighted by atomic mass is 10.1. The SMILES string of the molecule is C[C@@H](c1cccc(F)c1)N1CCN(CCNS(=O)(=O)c2ccccc2)CC1. The van der Waals surface area contributed by atoms with E-state index in [0.717, 1.165) is 31.7 Å². The van der Waals surface area contributed by atoms with Crippen LogP contribution in [0, 0.1) is 5.82 Å². The second-order valence-corrected chi connectivity index (χ2v) is 8.59. The van der Waals surface area contributed by atoms with Gasteiger partial charge < -0.3 is 0 Å². The summed E-state index contributed by atoms with van der Waals surface area (Å²) in [5.41, 5.74) is 0.985. The van der Waals surface area contributed by atoms with Gasteiger partial charge in [-0.25, -0.2) is 17.5 Å². The van der Waals surface area contributed by atoms with Crippen LogP contribution in [0.1, 0.15) is 18.5 Å². The molecular weight excluding hydrogens is 365 g/mol. The molecule has 7 heteroatoms. The monoisotopic (exact) mass is 391 g/mol. The summed E-state index contributed by atoms with van der Waals surface area (Å²) in [4.78, 5) is 4.88. The van der Waals surface area contributed by atoms with Crippen LogP contribution in [0.4, 0.5) is 4.39 Å². The zero-order valence-electron chi connectivity index (χ0n) is 15.5. The lowest BCUT2D eigenvalue weighted by Crippen LogP contribution is -2.48. The van der Waals surface area contributed by atoms with Gasteiger partial charge in [-0.2, -0.15) is 0 Å². The van der Waals surface area contributed by atoms with Gasteiger partial charge in [-0.1, -0.05) is 30.3 Å². The number of benzene rings is 2. The van der Waals surface area contributed by atoms with Crippen molar-refractivity contribution in [1.82, 2.24) is 14.5 Å². The highest BCUT2D eigenvalue weighted by Gasteiger charge is 2.22. The molecule has 0 saturated carbocycles. The number of piperazine rings is 1. The van der Waals surface area contributed by atoms with Crippen molar-refractivity contribution in [2.75, 3.05) is 39.3 Å². The van der Waals surface area contributed by atoms with Gasteiger partial charge in [0.15, 0.2) is 0 Å². The molecule has 2 aromatic rings. The molecule has 1 saturated heterocycles. The van der Waals surface area contributed by atoms with E-state index in [1.165, 1.54) is 6.07 Å². The summed E-state index contributed by atoms with van der Waals surface area (Å²) in [7, 11) is -3.45. The van der Waals surface area contributed by atoms with Crippen molar-refractivity contribution >= 4 is 10.0 Å². The average molecular weight is 392 g/mol. The van der Waals surface area contributed by atoms with E-state index in [9.17, 15) is 12.8 Å². The predicted octanol–water partition coefficient (Wildman–Crippen LogP) is 2.48. The van der Waals surface area contributed by atoms with E-state index in [1.807, 2.05) is 6.07 Å². The van der Waals surface area contributed by atoms with Crippen LogP contribution in [0.25, 0.3) is 0 Å². The van der Waals surface area contributed by atoms with E-state index in [0.29, 0.717) is 18.0 Å². The largest absolute Gasteiger partial charge is 0.299 e. The highest BCUT2D eigenvalue weighted by Crippen LogP contribution is 2.22. The van der Waals surface area contributed by atoms with Gasteiger partial charge in [-0.05, 0) is 36.8 Å². The third-order valence-electron chi connectivity index (χ3n) is 5.06. The van der Waals surface area contributed by atoms with Crippen molar-refractivity contribution < 1.29 is 12.8 Å². The first kappa shape index (κ1) is 19.9. The lowest BCUT2D eigenvalue weighted by molar-refractivity contribution is 0.104. The fraction of sp³-hybridized carbons (Fsp3) is 0.400. The molecule has 0 spiro atoms. The Morgan fingerprint density at radius 3 is 2.41 bits per heavy atom. The van der Waals surface area contributed by atoms with Gasteiger partial charge in [0.1, 0.15) is 5.82 Å². The van der Waals surface area contributed by atoms with Gasteiger partial charge in [-0.15, -0.1) is 0 Å². The number of hydrogen-bond acceptors (Lipinski definition) is 4. The fourth-order valence-corrected chi connectivity index (χ4v) is 4.41. The van der Waals surface area contributed by atoms with Crippen molar-refractivity contribution in [3.8, 4) is 0 Å². The number of halogens is 1. The second kappa shape index (κ2) is 8.93. The summed E-state index contributed by atoms with van der Waals surface area (Å²) in [6, 6.07) is 15.3. The Bertz CT molecular complexity index is 837. The van der Waals surface area contributed by atoms with E-state index >= 15 is 0 Å². The molecular formula is C20H26FN3O2S. The predicted molar refractivity (Wildman–Crippen MR) is 104 cm³/mol. The van der Waals surface area contributed by atoms with E-state index in [4.69, 9.17) is 0 Å². The molecule has 27 heavy (non-hydrogen) atoms. The summed E-state index contributed by atoms with van der Waals surface area (Å²) in [6.45, 7) is 6.65. The summed E-state index contributed by atoms with van der Waals surface area (Å²) in [5, 5.41) is 0. The molecule has 1 aliphatic rings. The van der Waals surface area contributed by atoms with E-state index in [1.54, 1.807) is 42.5 Å². The first-order valence-corrected chi connectivity index (χ1v) is 10.7. The molecule has 0 bridgehead atoms. The maximum atomic E-state index is 13.4. The van der Waals surface area contributed by atoms with Crippen LogP contribution in [0.3, 0.4) is 0 Å². The van der Waals surface area contributed by atoms with E-state index in [2.05, 4.69) is 21.4 Å². The second-order valence-electron chi connectivity index (χ2n) is 6.82. The van der Waals surface area contributed by atoms with E-state index < -0.39 is 10.0 Å². The summed E-state index contributed by atoms with van der Waals surface area (Å²) in [5.74, 6) is -0.205. The fourth-order valence-electron chi connectivity index (χ4n) is 3.37. The van der Waals surface area contributed by atoms with E-state index in [-0.39, 0.29) is 11.9 Å². The van der Waals surface area contributed by atoms with Gasteiger partial charge in [0.25, 0.3) is 0 Å². The maximum Gasteiger partial charge on any atom is 0.240 e. The third-order valence-corrected chi connectivity index (χ3v) is 6.54. The molecule has 0 radical (unpaired) electrons. The number of nitrogens with one attached hydrogen (secondary N) is 1. The Balaban J connectivity index is 1.45. The summed E-state index contributed by atoms with van der Waals surface area (Å²) < 4.78 is 40.6. The molecule has 0 amide bonds. The molecule has 0 aromatic heterocycles. The lowest BCUT2D eigenvalue weighted by Gasteiger charge is -2.38. The molecule has 3 rings (SSSR count). The first-order chi connectivity index (χ1) is 13.0. The molecule has 1 aliphatic heterocycles. The minimum Gasteiger partial charge on any atom is -0.299 e. The Morgan fingerprint density at radius 1 is 1.04 bits per heavy atom. The van der Waals surface area contributed by atoms with Crippen molar-refractivity contribution in [1.29, 1.82) is 0 Å². The Kier molecular flexibility index (Phi) is 6.59. The number of rotatable bonds is 7. The Hall–Kier alpha value is -1.80. The molecule has 1 heterocycles. The van der Waals surface area contributed by atoms with Crippen LogP contribution in [-0.2, 0) is 10.0 Å². The van der Waals surface area contributed by atoms with Crippen LogP contribution in [-0.4, -0.2) is 57.5 Å². The van der Waals surface area contributed by atoms with Gasteiger partial charge in [-0.3, -0.25) is 9.80 Å². The maximum absolute atomic E-state index is 13.4. The van der Waals surface area contributed by atoms with Gasteiger partial charge >= 0.3 is 0 Å². The minimum atomic E-state index is -3.45. The van der Waals surface area contributed by atoms with Crippen molar-refractivity contribution in [3.63, 3.8) is 0 Å². The standard InChI is InChI=1S/C20H26FN3O2S/c1-17(18-6-5-7-19(21)16-18)24-14-12-23(13-15-24)11-10-22-27(25,26)20-8-3-2-4-9-20/h2-9,16-17,22H,10-15H2,1H3/t17-/m0/s1. The van der Waals surface area contributed by atoms with Gasteiger partial charge in [0.2, 0.25) is 10.0 Å². The van der Waals surface area contributed by atoms with Crippen LogP contribution in [0.15, 0.2) is 59.5 Å². The molecule has 0 unspecified atom stereocenters. The van der Waals surface area contributed by atoms with Crippen molar-refractivity contribution in [2.24, 2.45) is 0 Å². The first-order valence-electron chi connectivity index (χ1n) is 9.22. The highest BCUT2D eigenvalue weighted by atomic mass is 32.2. The highest BCUT2D eigenvalue weighted by molar-refractivity contribution is 7.89. The van der Waals surface area contributed by atoms with Gasteiger partial charge in [0.05, 0.1) is 4.90 Å². The number of nitrogens with zero attached hydrogens (tertiary/aromatic N) is 2. The quantitative estimate of drug-likeness (QED) is 0.788. The molecule has 5 nitrogen and oxygen atoms in total. The number of sulfonamides is 1. The van der Waals surface area contributed by atoms with Crippen LogP contribution < -0.4 is 4.72 Å².